The molecule has 0 bridgehead atoms. The Morgan fingerprint density at radius 2 is 1.84 bits per heavy atom. The summed E-state index contributed by atoms with van der Waals surface area (Å²) in [4.78, 5) is 26.8. The lowest BCUT2D eigenvalue weighted by Crippen LogP contribution is -2.31. The molecule has 0 saturated carbocycles. The Labute approximate surface area is 155 Å². The van der Waals surface area contributed by atoms with E-state index < -0.39 is 0 Å². The van der Waals surface area contributed by atoms with Crippen LogP contribution in [0.2, 0.25) is 0 Å². The fourth-order valence-electron chi connectivity index (χ4n) is 2.87. The van der Waals surface area contributed by atoms with E-state index in [2.05, 4.69) is 17.4 Å². The lowest BCUT2D eigenvalue weighted by atomic mass is 10.2. The van der Waals surface area contributed by atoms with Crippen LogP contribution < -0.4 is 5.32 Å². The van der Waals surface area contributed by atoms with E-state index in [-0.39, 0.29) is 11.8 Å². The number of hydrogen-bond donors (Lipinski definition) is 1. The minimum Gasteiger partial charge on any atom is -0.351 e. The highest BCUT2D eigenvalue weighted by Crippen LogP contribution is 2.39. The molecule has 0 fully saturated rings. The number of carbonyl (C=O) groups is 2. The maximum Gasteiger partial charge on any atom is 0.261 e. The molecule has 0 aliphatic heterocycles. The maximum absolute atomic E-state index is 12.3. The molecule has 0 spiro atoms. The Morgan fingerprint density at radius 3 is 2.60 bits per heavy atom. The average Bonchev–Trinajstić information content (AvgIpc) is 3.17. The zero-order chi connectivity index (χ0) is 17.8. The van der Waals surface area contributed by atoms with Gasteiger partial charge in [-0.15, -0.1) is 22.7 Å². The van der Waals surface area contributed by atoms with Crippen LogP contribution in [-0.4, -0.2) is 36.3 Å². The molecule has 3 aromatic rings. The van der Waals surface area contributed by atoms with E-state index in [0.717, 1.165) is 22.7 Å². The SMILES string of the molecule is CCN(CC)C(=O)CCCNC(=O)c1cc2sc3ccccc3c2s1. The van der Waals surface area contributed by atoms with Gasteiger partial charge in [-0.25, -0.2) is 0 Å². The molecule has 2 heterocycles. The van der Waals surface area contributed by atoms with Crippen molar-refractivity contribution in [2.24, 2.45) is 0 Å². The minimum absolute atomic E-state index is 0.0484. The van der Waals surface area contributed by atoms with Crippen LogP contribution in [0.5, 0.6) is 0 Å². The lowest BCUT2D eigenvalue weighted by Gasteiger charge is -2.18. The third kappa shape index (κ3) is 3.85. The zero-order valence-corrected chi connectivity index (χ0v) is 16.1. The highest BCUT2D eigenvalue weighted by atomic mass is 32.1. The number of thiophene rings is 2. The number of nitrogens with zero attached hydrogens (tertiary/aromatic N) is 1. The molecule has 0 saturated heterocycles. The fourth-order valence-corrected chi connectivity index (χ4v) is 5.32. The first-order valence-electron chi connectivity index (χ1n) is 8.61. The van der Waals surface area contributed by atoms with Crippen molar-refractivity contribution < 1.29 is 9.59 Å². The largest absolute Gasteiger partial charge is 0.351 e. The van der Waals surface area contributed by atoms with Gasteiger partial charge in [0.15, 0.2) is 0 Å². The highest BCUT2D eigenvalue weighted by molar-refractivity contribution is 7.33. The maximum atomic E-state index is 12.3. The molecular formula is C19H22N2O2S2. The number of rotatable bonds is 7. The molecule has 0 aliphatic carbocycles. The van der Waals surface area contributed by atoms with Crippen molar-refractivity contribution in [3.05, 3.63) is 35.2 Å². The Hall–Kier alpha value is -1.92. The fraction of sp³-hybridized carbons (Fsp3) is 0.368. The highest BCUT2D eigenvalue weighted by Gasteiger charge is 2.14. The van der Waals surface area contributed by atoms with Gasteiger partial charge >= 0.3 is 0 Å². The van der Waals surface area contributed by atoms with Crippen LogP contribution in [0.1, 0.15) is 36.4 Å². The van der Waals surface area contributed by atoms with Crippen molar-refractivity contribution in [1.29, 1.82) is 0 Å². The Balaban J connectivity index is 1.57. The van der Waals surface area contributed by atoms with E-state index in [1.54, 1.807) is 22.7 Å². The summed E-state index contributed by atoms with van der Waals surface area (Å²) in [6.45, 7) is 5.96. The van der Waals surface area contributed by atoms with Crippen LogP contribution >= 0.6 is 22.7 Å². The normalized spacial score (nSPS) is 11.1. The van der Waals surface area contributed by atoms with Gasteiger partial charge in [-0.05, 0) is 32.4 Å². The molecular weight excluding hydrogens is 352 g/mol. The Bertz CT molecular complexity index is 893. The van der Waals surface area contributed by atoms with Gasteiger partial charge in [-0.3, -0.25) is 9.59 Å². The number of amides is 2. The van der Waals surface area contributed by atoms with Crippen molar-refractivity contribution in [2.45, 2.75) is 26.7 Å². The second-order valence-electron chi connectivity index (χ2n) is 5.83. The first-order chi connectivity index (χ1) is 12.1. The molecule has 2 aromatic heterocycles. The van der Waals surface area contributed by atoms with Gasteiger partial charge < -0.3 is 10.2 Å². The second-order valence-corrected chi connectivity index (χ2v) is 7.96. The molecule has 0 atom stereocenters. The van der Waals surface area contributed by atoms with E-state index in [4.69, 9.17) is 0 Å². The summed E-state index contributed by atoms with van der Waals surface area (Å²) in [5.41, 5.74) is 0. The van der Waals surface area contributed by atoms with Gasteiger partial charge in [0.25, 0.3) is 5.91 Å². The molecule has 6 heteroatoms. The van der Waals surface area contributed by atoms with Crippen LogP contribution in [-0.2, 0) is 4.79 Å². The molecule has 3 rings (SSSR count). The van der Waals surface area contributed by atoms with Gasteiger partial charge in [0, 0.05) is 40.8 Å². The number of fused-ring (bicyclic) bond motifs is 3. The molecule has 2 amide bonds. The summed E-state index contributed by atoms with van der Waals surface area (Å²) in [5.74, 6) is 0.107. The molecule has 132 valence electrons. The molecule has 0 aliphatic rings. The third-order valence-electron chi connectivity index (χ3n) is 4.24. The van der Waals surface area contributed by atoms with E-state index >= 15 is 0 Å². The van der Waals surface area contributed by atoms with Crippen molar-refractivity contribution in [3.63, 3.8) is 0 Å². The first kappa shape index (κ1) is 17.9. The van der Waals surface area contributed by atoms with Crippen molar-refractivity contribution in [1.82, 2.24) is 10.2 Å². The van der Waals surface area contributed by atoms with E-state index in [9.17, 15) is 9.59 Å². The van der Waals surface area contributed by atoms with Crippen LogP contribution in [0, 0.1) is 0 Å². The number of carbonyl (C=O) groups excluding carboxylic acids is 2. The molecule has 0 radical (unpaired) electrons. The van der Waals surface area contributed by atoms with Gasteiger partial charge in [0.1, 0.15) is 0 Å². The quantitative estimate of drug-likeness (QED) is 0.619. The monoisotopic (exact) mass is 374 g/mol. The van der Waals surface area contributed by atoms with Crippen molar-refractivity contribution in [2.75, 3.05) is 19.6 Å². The topological polar surface area (TPSA) is 49.4 Å². The summed E-state index contributed by atoms with van der Waals surface area (Å²) >= 11 is 3.26. The molecule has 1 aromatic carbocycles. The number of hydrogen-bond acceptors (Lipinski definition) is 4. The van der Waals surface area contributed by atoms with Crippen LogP contribution in [0.4, 0.5) is 0 Å². The summed E-state index contributed by atoms with van der Waals surface area (Å²) in [6.07, 6.45) is 1.15. The summed E-state index contributed by atoms with van der Waals surface area (Å²) in [6, 6.07) is 10.3. The number of benzene rings is 1. The van der Waals surface area contributed by atoms with Crippen LogP contribution in [0.15, 0.2) is 30.3 Å². The first-order valence-corrected chi connectivity index (χ1v) is 10.2. The predicted octanol–water partition coefficient (Wildman–Crippen LogP) is 4.49. The van der Waals surface area contributed by atoms with E-state index in [1.165, 1.54) is 14.8 Å². The second kappa shape index (κ2) is 7.97. The molecule has 0 unspecified atom stereocenters. The average molecular weight is 375 g/mol. The molecule has 25 heavy (non-hydrogen) atoms. The van der Waals surface area contributed by atoms with Gasteiger partial charge in [-0.2, -0.15) is 0 Å². The van der Waals surface area contributed by atoms with E-state index in [0.29, 0.717) is 19.4 Å². The van der Waals surface area contributed by atoms with E-state index in [1.807, 2.05) is 36.9 Å². The standard InChI is InChI=1S/C19H22N2O2S2/c1-3-21(4-2)17(22)10-7-11-20-19(23)16-12-15-18(25-16)13-8-5-6-9-14(13)24-15/h5-6,8-9,12H,3-4,7,10-11H2,1-2H3,(H,20,23). The van der Waals surface area contributed by atoms with Crippen molar-refractivity contribution >= 4 is 54.0 Å². The minimum atomic E-state index is -0.0484. The van der Waals surface area contributed by atoms with Gasteiger partial charge in [0.2, 0.25) is 5.91 Å². The summed E-state index contributed by atoms with van der Waals surface area (Å²) in [7, 11) is 0. The summed E-state index contributed by atoms with van der Waals surface area (Å²) in [5, 5.41) is 4.15. The molecule has 4 nitrogen and oxygen atoms in total. The Kier molecular flexibility index (Phi) is 5.71. The van der Waals surface area contributed by atoms with Gasteiger partial charge in [0.05, 0.1) is 9.58 Å². The Morgan fingerprint density at radius 1 is 1.08 bits per heavy atom. The number of nitrogens with one attached hydrogen (secondary N) is 1. The lowest BCUT2D eigenvalue weighted by molar-refractivity contribution is -0.130. The molecule has 1 N–H and O–H groups in total. The third-order valence-corrected chi connectivity index (χ3v) is 6.66. The summed E-state index contributed by atoms with van der Waals surface area (Å²) < 4.78 is 3.60. The van der Waals surface area contributed by atoms with Crippen LogP contribution in [0.25, 0.3) is 19.5 Å². The van der Waals surface area contributed by atoms with Crippen LogP contribution in [0.3, 0.4) is 0 Å². The predicted molar refractivity (Wildman–Crippen MR) is 107 cm³/mol. The van der Waals surface area contributed by atoms with Gasteiger partial charge in [-0.1, -0.05) is 18.2 Å². The zero-order valence-electron chi connectivity index (χ0n) is 14.5. The smallest absolute Gasteiger partial charge is 0.261 e. The van der Waals surface area contributed by atoms with Crippen molar-refractivity contribution in [3.8, 4) is 0 Å².